The smallest absolute Gasteiger partial charge is 0.167 e. The predicted octanol–water partition coefficient (Wildman–Crippen LogP) is 0.878. The third-order valence-electron chi connectivity index (χ3n) is 2.42. The Kier molecular flexibility index (Phi) is 2.52. The number of carbonyl (C=O) groups is 1. The Hall–Kier alpha value is -0.830. The lowest BCUT2D eigenvalue weighted by molar-refractivity contribution is -0.126. The van der Waals surface area contributed by atoms with Gasteiger partial charge in [-0.1, -0.05) is 6.92 Å². The number of aliphatic hydroxyl groups excluding tert-OH is 1. The van der Waals surface area contributed by atoms with E-state index in [0.29, 0.717) is 12.2 Å². The third kappa shape index (κ3) is 1.50. The number of aliphatic hydroxyl groups is 1. The second kappa shape index (κ2) is 3.27. The average Bonchev–Trinajstić information content (AvgIpc) is 2.10. The van der Waals surface area contributed by atoms with Crippen LogP contribution >= 0.6 is 0 Å². The summed E-state index contributed by atoms with van der Waals surface area (Å²) in [4.78, 5) is 11.4. The molecule has 0 unspecified atom stereocenters. The Labute approximate surface area is 72.0 Å². The van der Waals surface area contributed by atoms with Gasteiger partial charge in [-0.3, -0.25) is 4.79 Å². The van der Waals surface area contributed by atoms with Crippen LogP contribution in [-0.2, 0) is 9.53 Å². The number of rotatable bonds is 2. The van der Waals surface area contributed by atoms with Gasteiger partial charge in [0.2, 0.25) is 0 Å². The van der Waals surface area contributed by atoms with Crippen LogP contribution in [0.3, 0.4) is 0 Å². The van der Waals surface area contributed by atoms with Crippen molar-refractivity contribution in [3.05, 3.63) is 11.8 Å². The Morgan fingerprint density at radius 3 is 2.83 bits per heavy atom. The molecule has 0 saturated carbocycles. The van der Waals surface area contributed by atoms with E-state index in [1.807, 2.05) is 0 Å². The molecule has 0 fully saturated rings. The zero-order chi connectivity index (χ0) is 9.19. The first-order valence-electron chi connectivity index (χ1n) is 4.02. The fourth-order valence-electron chi connectivity index (χ4n) is 1.23. The van der Waals surface area contributed by atoms with E-state index in [1.54, 1.807) is 14.0 Å². The summed E-state index contributed by atoms with van der Waals surface area (Å²) in [5.74, 6) is 0.680. The highest BCUT2D eigenvalue weighted by molar-refractivity contribution is 5.95. The molecule has 68 valence electrons. The minimum Gasteiger partial charge on any atom is -0.501 e. The van der Waals surface area contributed by atoms with E-state index >= 15 is 0 Å². The van der Waals surface area contributed by atoms with Crippen molar-refractivity contribution in [3.8, 4) is 0 Å². The molecular formula is C9H14O3. The van der Waals surface area contributed by atoms with Crippen molar-refractivity contribution in [2.75, 3.05) is 13.7 Å². The van der Waals surface area contributed by atoms with Gasteiger partial charge in [-0.15, -0.1) is 0 Å². The van der Waals surface area contributed by atoms with E-state index in [2.05, 4.69) is 0 Å². The molecule has 0 spiro atoms. The van der Waals surface area contributed by atoms with E-state index < -0.39 is 5.41 Å². The maximum absolute atomic E-state index is 11.4. The van der Waals surface area contributed by atoms with Crippen LogP contribution < -0.4 is 0 Å². The molecule has 0 bridgehead atoms. The van der Waals surface area contributed by atoms with Gasteiger partial charge < -0.3 is 9.84 Å². The Morgan fingerprint density at radius 2 is 2.42 bits per heavy atom. The highest BCUT2D eigenvalue weighted by Gasteiger charge is 2.34. The normalized spacial score (nSPS) is 29.9. The molecule has 1 aliphatic rings. The maximum Gasteiger partial charge on any atom is 0.167 e. The molecule has 1 rings (SSSR count). The lowest BCUT2D eigenvalue weighted by Gasteiger charge is -2.28. The van der Waals surface area contributed by atoms with Crippen LogP contribution in [0.2, 0.25) is 0 Å². The van der Waals surface area contributed by atoms with Crippen molar-refractivity contribution in [2.45, 2.75) is 19.8 Å². The van der Waals surface area contributed by atoms with Gasteiger partial charge in [0.15, 0.2) is 5.78 Å². The minimum atomic E-state index is -0.581. The van der Waals surface area contributed by atoms with Crippen LogP contribution in [0, 0.1) is 5.41 Å². The molecule has 0 amide bonds. The summed E-state index contributed by atoms with van der Waals surface area (Å²) in [6, 6.07) is 0. The van der Waals surface area contributed by atoms with Gasteiger partial charge in [0.25, 0.3) is 0 Å². The summed E-state index contributed by atoms with van der Waals surface area (Å²) in [5.41, 5.74) is -0.581. The Morgan fingerprint density at radius 1 is 1.75 bits per heavy atom. The molecule has 1 N–H and O–H groups in total. The highest BCUT2D eigenvalue weighted by atomic mass is 16.5. The highest BCUT2D eigenvalue weighted by Crippen LogP contribution is 2.31. The summed E-state index contributed by atoms with van der Waals surface area (Å²) in [7, 11) is 1.56. The van der Waals surface area contributed by atoms with E-state index in [-0.39, 0.29) is 12.4 Å². The molecule has 1 aliphatic carbocycles. The molecule has 0 radical (unpaired) electrons. The summed E-state index contributed by atoms with van der Waals surface area (Å²) < 4.78 is 4.96. The summed E-state index contributed by atoms with van der Waals surface area (Å²) >= 11 is 0. The molecule has 0 saturated heterocycles. The minimum absolute atomic E-state index is 0.0342. The number of ether oxygens (including phenoxy) is 1. The molecule has 3 heteroatoms. The first-order chi connectivity index (χ1) is 5.62. The molecule has 12 heavy (non-hydrogen) atoms. The van der Waals surface area contributed by atoms with E-state index in [9.17, 15) is 4.79 Å². The average molecular weight is 170 g/mol. The topological polar surface area (TPSA) is 46.5 Å². The molecule has 3 nitrogen and oxygen atoms in total. The standard InChI is InChI=1S/C9H14O3/c1-9(6-10)4-3-7(12-2)5-8(9)11/h5,10H,3-4,6H2,1-2H3/t9-/m0/s1. The van der Waals surface area contributed by atoms with Crippen LogP contribution in [0.1, 0.15) is 19.8 Å². The van der Waals surface area contributed by atoms with Crippen molar-refractivity contribution in [2.24, 2.45) is 5.41 Å². The van der Waals surface area contributed by atoms with Gasteiger partial charge in [-0.05, 0) is 6.42 Å². The third-order valence-corrected chi connectivity index (χ3v) is 2.42. The van der Waals surface area contributed by atoms with Crippen molar-refractivity contribution in [1.82, 2.24) is 0 Å². The molecule has 0 aromatic carbocycles. The lowest BCUT2D eigenvalue weighted by atomic mass is 9.78. The lowest BCUT2D eigenvalue weighted by Crippen LogP contribution is -2.33. The van der Waals surface area contributed by atoms with Gasteiger partial charge >= 0.3 is 0 Å². The second-order valence-corrected chi connectivity index (χ2v) is 3.40. The van der Waals surface area contributed by atoms with Crippen LogP contribution in [0.5, 0.6) is 0 Å². The molecular weight excluding hydrogens is 156 g/mol. The summed E-state index contributed by atoms with van der Waals surface area (Å²) in [6.45, 7) is 1.69. The largest absolute Gasteiger partial charge is 0.501 e. The Bertz CT molecular complexity index is 220. The quantitative estimate of drug-likeness (QED) is 0.669. The zero-order valence-corrected chi connectivity index (χ0v) is 7.46. The maximum atomic E-state index is 11.4. The number of hydrogen-bond donors (Lipinski definition) is 1. The molecule has 0 aliphatic heterocycles. The Balaban J connectivity index is 2.80. The van der Waals surface area contributed by atoms with Crippen LogP contribution in [-0.4, -0.2) is 24.6 Å². The van der Waals surface area contributed by atoms with Gasteiger partial charge in [-0.25, -0.2) is 0 Å². The van der Waals surface area contributed by atoms with Crippen molar-refractivity contribution in [3.63, 3.8) is 0 Å². The van der Waals surface area contributed by atoms with Crippen LogP contribution in [0.25, 0.3) is 0 Å². The second-order valence-electron chi connectivity index (χ2n) is 3.40. The number of carbonyl (C=O) groups excluding carboxylic acids is 1. The summed E-state index contributed by atoms with van der Waals surface area (Å²) in [6.07, 6.45) is 2.89. The molecule has 0 aromatic heterocycles. The number of ketones is 1. The molecule has 0 heterocycles. The SMILES string of the molecule is COC1=CC(=O)[C@](C)(CO)CC1. The van der Waals surface area contributed by atoms with Gasteiger partial charge in [-0.2, -0.15) is 0 Å². The first-order valence-corrected chi connectivity index (χ1v) is 4.02. The zero-order valence-electron chi connectivity index (χ0n) is 7.46. The number of allylic oxidation sites excluding steroid dienone is 2. The van der Waals surface area contributed by atoms with E-state index in [0.717, 1.165) is 6.42 Å². The van der Waals surface area contributed by atoms with Crippen molar-refractivity contribution in [1.29, 1.82) is 0 Å². The van der Waals surface area contributed by atoms with Crippen LogP contribution in [0.15, 0.2) is 11.8 Å². The summed E-state index contributed by atoms with van der Waals surface area (Å²) in [5, 5.41) is 8.99. The van der Waals surface area contributed by atoms with Crippen molar-refractivity contribution >= 4 is 5.78 Å². The fourth-order valence-corrected chi connectivity index (χ4v) is 1.23. The van der Waals surface area contributed by atoms with Gasteiger partial charge in [0, 0.05) is 12.5 Å². The predicted molar refractivity (Wildman–Crippen MR) is 44.5 cm³/mol. The van der Waals surface area contributed by atoms with E-state index in [1.165, 1.54) is 6.08 Å². The van der Waals surface area contributed by atoms with Gasteiger partial charge in [0.1, 0.15) is 0 Å². The van der Waals surface area contributed by atoms with Crippen molar-refractivity contribution < 1.29 is 14.6 Å². The fraction of sp³-hybridized carbons (Fsp3) is 0.667. The van der Waals surface area contributed by atoms with Crippen LogP contribution in [0.4, 0.5) is 0 Å². The van der Waals surface area contributed by atoms with Gasteiger partial charge in [0.05, 0.1) is 24.9 Å². The monoisotopic (exact) mass is 170 g/mol. The number of methoxy groups -OCH3 is 1. The first kappa shape index (κ1) is 9.26. The molecule has 1 atom stereocenters. The van der Waals surface area contributed by atoms with E-state index in [4.69, 9.17) is 9.84 Å². The number of hydrogen-bond acceptors (Lipinski definition) is 3. The molecule has 0 aromatic rings.